The Morgan fingerprint density at radius 1 is 1.44 bits per heavy atom. The highest BCUT2D eigenvalue weighted by Crippen LogP contribution is 2.34. The fourth-order valence-corrected chi connectivity index (χ4v) is 2.73. The van der Waals surface area contributed by atoms with E-state index in [0.717, 1.165) is 12.8 Å². The quantitative estimate of drug-likeness (QED) is 0.815. The van der Waals surface area contributed by atoms with Crippen LogP contribution in [0.2, 0.25) is 0 Å². The second-order valence-corrected chi connectivity index (χ2v) is 5.75. The lowest BCUT2D eigenvalue weighted by Gasteiger charge is -2.30. The van der Waals surface area contributed by atoms with Gasteiger partial charge in [0.2, 0.25) is 5.91 Å². The summed E-state index contributed by atoms with van der Waals surface area (Å²) >= 11 is 5.91. The molecular formula is C15H20ClNO. The van der Waals surface area contributed by atoms with Crippen molar-refractivity contribution in [3.8, 4) is 0 Å². The van der Waals surface area contributed by atoms with Gasteiger partial charge in [-0.25, -0.2) is 0 Å². The topological polar surface area (TPSA) is 29.1 Å². The summed E-state index contributed by atoms with van der Waals surface area (Å²) in [6.07, 6.45) is 1.79. The van der Waals surface area contributed by atoms with E-state index in [9.17, 15) is 4.79 Å². The summed E-state index contributed by atoms with van der Waals surface area (Å²) < 4.78 is 0. The Labute approximate surface area is 114 Å². The first-order chi connectivity index (χ1) is 8.61. The number of carbonyl (C=O) groups is 1. The van der Waals surface area contributed by atoms with Gasteiger partial charge in [-0.15, -0.1) is 11.6 Å². The van der Waals surface area contributed by atoms with E-state index in [4.69, 9.17) is 11.6 Å². The van der Waals surface area contributed by atoms with Crippen LogP contribution in [0.4, 0.5) is 0 Å². The summed E-state index contributed by atoms with van der Waals surface area (Å²) in [5.74, 6) is 1.18. The highest BCUT2D eigenvalue weighted by molar-refractivity contribution is 6.18. The van der Waals surface area contributed by atoms with Gasteiger partial charge in [-0.2, -0.15) is 0 Å². The predicted octanol–water partition coefficient (Wildman–Crippen LogP) is 3.10. The fraction of sp³-hybridized carbons (Fsp3) is 0.533. The number of hydrogen-bond acceptors (Lipinski definition) is 1. The maximum atomic E-state index is 12.2. The molecule has 1 N–H and O–H groups in total. The SMILES string of the molecule is CC(C)CC(CCl)NC(=O)C1Cc2ccccc21. The van der Waals surface area contributed by atoms with Crippen LogP contribution in [-0.4, -0.2) is 17.8 Å². The molecule has 2 nitrogen and oxygen atoms in total. The van der Waals surface area contributed by atoms with E-state index >= 15 is 0 Å². The monoisotopic (exact) mass is 265 g/mol. The first kappa shape index (κ1) is 13.4. The van der Waals surface area contributed by atoms with Crippen molar-refractivity contribution in [3.63, 3.8) is 0 Å². The van der Waals surface area contributed by atoms with Crippen LogP contribution in [0.25, 0.3) is 0 Å². The van der Waals surface area contributed by atoms with E-state index in [-0.39, 0.29) is 17.9 Å². The summed E-state index contributed by atoms with van der Waals surface area (Å²) in [6.45, 7) is 4.29. The Bertz CT molecular complexity index is 430. The van der Waals surface area contributed by atoms with Crippen LogP contribution in [0.5, 0.6) is 0 Å². The van der Waals surface area contributed by atoms with Crippen LogP contribution >= 0.6 is 11.6 Å². The zero-order chi connectivity index (χ0) is 13.1. The Morgan fingerprint density at radius 3 is 2.78 bits per heavy atom. The van der Waals surface area contributed by atoms with Crippen molar-refractivity contribution in [1.82, 2.24) is 5.32 Å². The van der Waals surface area contributed by atoms with Crippen molar-refractivity contribution in [3.05, 3.63) is 35.4 Å². The van der Waals surface area contributed by atoms with Gasteiger partial charge < -0.3 is 5.32 Å². The van der Waals surface area contributed by atoms with Crippen LogP contribution in [0.3, 0.4) is 0 Å². The number of nitrogens with one attached hydrogen (secondary N) is 1. The molecule has 1 aliphatic carbocycles. The molecule has 0 bridgehead atoms. The maximum absolute atomic E-state index is 12.2. The molecule has 0 saturated heterocycles. The van der Waals surface area contributed by atoms with Gasteiger partial charge in [-0.1, -0.05) is 38.1 Å². The highest BCUT2D eigenvalue weighted by Gasteiger charge is 2.32. The zero-order valence-electron chi connectivity index (χ0n) is 10.9. The van der Waals surface area contributed by atoms with Gasteiger partial charge in [-0.3, -0.25) is 4.79 Å². The number of amides is 1. The molecule has 0 fully saturated rings. The van der Waals surface area contributed by atoms with Crippen molar-refractivity contribution in [2.24, 2.45) is 5.92 Å². The highest BCUT2D eigenvalue weighted by atomic mass is 35.5. The minimum absolute atomic E-state index is 0.0269. The first-order valence-electron chi connectivity index (χ1n) is 6.56. The Hall–Kier alpha value is -1.02. The first-order valence-corrected chi connectivity index (χ1v) is 7.09. The molecule has 1 aliphatic rings. The van der Waals surface area contributed by atoms with Gasteiger partial charge in [0.25, 0.3) is 0 Å². The second-order valence-electron chi connectivity index (χ2n) is 5.44. The molecule has 2 unspecified atom stereocenters. The number of rotatable bonds is 5. The van der Waals surface area contributed by atoms with E-state index in [1.54, 1.807) is 0 Å². The fourth-order valence-electron chi connectivity index (χ4n) is 2.52. The summed E-state index contributed by atoms with van der Waals surface area (Å²) in [4.78, 5) is 12.2. The molecule has 0 aliphatic heterocycles. The molecule has 0 aromatic heterocycles. The largest absolute Gasteiger partial charge is 0.352 e. The lowest BCUT2D eigenvalue weighted by Crippen LogP contribution is -2.42. The predicted molar refractivity (Wildman–Crippen MR) is 75.0 cm³/mol. The third-order valence-electron chi connectivity index (χ3n) is 3.46. The summed E-state index contributed by atoms with van der Waals surface area (Å²) in [7, 11) is 0. The van der Waals surface area contributed by atoms with Crippen molar-refractivity contribution in [2.45, 2.75) is 38.6 Å². The van der Waals surface area contributed by atoms with E-state index in [0.29, 0.717) is 11.8 Å². The minimum Gasteiger partial charge on any atom is -0.352 e. The molecule has 2 rings (SSSR count). The van der Waals surface area contributed by atoms with Gasteiger partial charge in [0.05, 0.1) is 5.92 Å². The minimum atomic E-state index is 0.0269. The summed E-state index contributed by atoms with van der Waals surface area (Å²) in [6, 6.07) is 8.23. The van der Waals surface area contributed by atoms with Gasteiger partial charge in [0.15, 0.2) is 0 Å². The molecule has 0 saturated carbocycles. The van der Waals surface area contributed by atoms with E-state index in [1.165, 1.54) is 11.1 Å². The van der Waals surface area contributed by atoms with Crippen LogP contribution in [0.1, 0.15) is 37.3 Å². The Morgan fingerprint density at radius 2 is 2.17 bits per heavy atom. The van der Waals surface area contributed by atoms with Gasteiger partial charge in [0, 0.05) is 11.9 Å². The molecule has 0 radical (unpaired) electrons. The van der Waals surface area contributed by atoms with E-state index in [2.05, 4.69) is 25.2 Å². The van der Waals surface area contributed by atoms with Crippen LogP contribution in [-0.2, 0) is 11.2 Å². The lowest BCUT2D eigenvalue weighted by molar-refractivity contribution is -0.123. The number of fused-ring (bicyclic) bond motifs is 1. The maximum Gasteiger partial charge on any atom is 0.228 e. The van der Waals surface area contributed by atoms with Gasteiger partial charge in [-0.05, 0) is 29.9 Å². The lowest BCUT2D eigenvalue weighted by atomic mass is 9.77. The number of benzene rings is 1. The molecule has 0 heterocycles. The van der Waals surface area contributed by atoms with Crippen LogP contribution in [0, 0.1) is 5.92 Å². The zero-order valence-corrected chi connectivity index (χ0v) is 11.7. The molecule has 2 atom stereocenters. The number of alkyl halides is 1. The van der Waals surface area contributed by atoms with Gasteiger partial charge >= 0.3 is 0 Å². The smallest absolute Gasteiger partial charge is 0.228 e. The number of halogens is 1. The Balaban J connectivity index is 1.94. The van der Waals surface area contributed by atoms with E-state index in [1.807, 2.05) is 18.2 Å². The molecule has 1 aromatic carbocycles. The standard InChI is InChI=1S/C15H20ClNO/c1-10(2)7-12(9-16)17-15(18)14-8-11-5-3-4-6-13(11)14/h3-6,10,12,14H,7-9H2,1-2H3,(H,17,18). The third kappa shape index (κ3) is 2.86. The second kappa shape index (κ2) is 5.75. The average Bonchev–Trinajstić information content (AvgIpc) is 2.29. The average molecular weight is 266 g/mol. The van der Waals surface area contributed by atoms with Crippen LogP contribution in [0.15, 0.2) is 24.3 Å². The Kier molecular flexibility index (Phi) is 4.28. The van der Waals surface area contributed by atoms with E-state index < -0.39 is 0 Å². The van der Waals surface area contributed by atoms with Crippen molar-refractivity contribution in [1.29, 1.82) is 0 Å². The molecule has 3 heteroatoms. The van der Waals surface area contributed by atoms with Crippen molar-refractivity contribution < 1.29 is 4.79 Å². The summed E-state index contributed by atoms with van der Waals surface area (Å²) in [5.41, 5.74) is 2.47. The number of hydrogen-bond donors (Lipinski definition) is 1. The molecule has 18 heavy (non-hydrogen) atoms. The molecular weight excluding hydrogens is 246 g/mol. The van der Waals surface area contributed by atoms with Gasteiger partial charge in [0.1, 0.15) is 0 Å². The van der Waals surface area contributed by atoms with Crippen LogP contribution < -0.4 is 5.32 Å². The molecule has 0 spiro atoms. The van der Waals surface area contributed by atoms with Crippen molar-refractivity contribution >= 4 is 17.5 Å². The molecule has 1 aromatic rings. The third-order valence-corrected chi connectivity index (χ3v) is 3.83. The normalized spacial score (nSPS) is 19.0. The van der Waals surface area contributed by atoms with Crippen molar-refractivity contribution in [2.75, 3.05) is 5.88 Å². The summed E-state index contributed by atoms with van der Waals surface area (Å²) in [5, 5.41) is 3.07. The molecule has 98 valence electrons. The number of carbonyl (C=O) groups excluding carboxylic acids is 1. The molecule has 1 amide bonds.